The Labute approximate surface area is 198 Å². The van der Waals surface area contributed by atoms with Crippen LogP contribution < -0.4 is 15.4 Å². The van der Waals surface area contributed by atoms with Crippen LogP contribution in [-0.4, -0.2) is 36.1 Å². The second-order valence-electron chi connectivity index (χ2n) is 8.75. The second kappa shape index (κ2) is 9.27. The topological polar surface area (TPSA) is 89.3 Å². The summed E-state index contributed by atoms with van der Waals surface area (Å²) in [4.78, 5) is 22.0. The van der Waals surface area contributed by atoms with Gasteiger partial charge in [0, 0.05) is 22.7 Å². The van der Waals surface area contributed by atoms with Gasteiger partial charge in [-0.15, -0.1) is 0 Å². The van der Waals surface area contributed by atoms with Crippen molar-refractivity contribution in [2.75, 3.05) is 20.2 Å². The van der Waals surface area contributed by atoms with Crippen LogP contribution in [0, 0.1) is 6.92 Å². The smallest absolute Gasteiger partial charge is 0.252 e. The van der Waals surface area contributed by atoms with Crippen molar-refractivity contribution in [2.24, 2.45) is 0 Å². The first kappa shape index (κ1) is 22.1. The van der Waals surface area contributed by atoms with Crippen LogP contribution in [0.25, 0.3) is 22.4 Å². The molecule has 7 heteroatoms. The summed E-state index contributed by atoms with van der Waals surface area (Å²) in [5.41, 5.74) is 3.82. The van der Waals surface area contributed by atoms with Crippen LogP contribution in [0.3, 0.4) is 0 Å². The van der Waals surface area contributed by atoms with Gasteiger partial charge in [-0.2, -0.15) is 0 Å². The second-order valence-corrected chi connectivity index (χ2v) is 8.75. The Bertz CT molecular complexity index is 1300. The van der Waals surface area contributed by atoms with Crippen molar-refractivity contribution < 1.29 is 13.9 Å². The van der Waals surface area contributed by atoms with Gasteiger partial charge in [-0.05, 0) is 80.7 Å². The highest BCUT2D eigenvalue weighted by molar-refractivity contribution is 5.97. The summed E-state index contributed by atoms with van der Waals surface area (Å²) in [6.45, 7) is 4.43. The summed E-state index contributed by atoms with van der Waals surface area (Å²) in [6.07, 6.45) is 8.06. The first-order chi connectivity index (χ1) is 16.6. The molecule has 0 bridgehead atoms. The molecule has 2 fully saturated rings. The van der Waals surface area contributed by atoms with Crippen LogP contribution in [0.5, 0.6) is 5.75 Å². The lowest BCUT2D eigenvalue weighted by molar-refractivity contribution is 0.0930. The van der Waals surface area contributed by atoms with Gasteiger partial charge in [-0.1, -0.05) is 12.1 Å². The Morgan fingerprint density at radius 3 is 2.56 bits per heavy atom. The van der Waals surface area contributed by atoms with E-state index in [1.165, 1.54) is 19.5 Å². The molecule has 6 rings (SSSR count). The number of nitrogens with one attached hydrogen (secondary N) is 2. The molecule has 1 aliphatic heterocycles. The van der Waals surface area contributed by atoms with E-state index < -0.39 is 5.54 Å². The molecule has 4 aromatic rings. The van der Waals surface area contributed by atoms with Gasteiger partial charge in [-0.25, -0.2) is 4.98 Å². The van der Waals surface area contributed by atoms with Crippen molar-refractivity contribution in [3.8, 4) is 17.2 Å². The van der Waals surface area contributed by atoms with Gasteiger partial charge < -0.3 is 19.8 Å². The van der Waals surface area contributed by atoms with Crippen molar-refractivity contribution >= 4 is 16.8 Å². The molecule has 2 aromatic carbocycles. The van der Waals surface area contributed by atoms with Crippen LogP contribution in [-0.2, 0) is 5.54 Å². The quantitative estimate of drug-likeness (QED) is 0.456. The number of benzene rings is 2. The largest absolute Gasteiger partial charge is 0.497 e. The van der Waals surface area contributed by atoms with Crippen LogP contribution in [0.15, 0.2) is 65.5 Å². The van der Waals surface area contributed by atoms with Gasteiger partial charge in [0.25, 0.3) is 5.91 Å². The van der Waals surface area contributed by atoms with E-state index in [-0.39, 0.29) is 5.91 Å². The fourth-order valence-electron chi connectivity index (χ4n) is 4.09. The summed E-state index contributed by atoms with van der Waals surface area (Å²) in [5, 5.41) is 7.42. The normalized spacial score (nSPS) is 15.6. The number of aromatic nitrogens is 2. The zero-order chi connectivity index (χ0) is 23.5. The third-order valence-electron chi connectivity index (χ3n) is 6.41. The van der Waals surface area contributed by atoms with Crippen LogP contribution in [0.1, 0.15) is 40.7 Å². The molecule has 1 amide bonds. The predicted octanol–water partition coefficient (Wildman–Crippen LogP) is 4.61. The first-order valence-electron chi connectivity index (χ1n) is 11.6. The summed E-state index contributed by atoms with van der Waals surface area (Å²) < 4.78 is 10.8. The molecule has 2 N–H and O–H groups in total. The average molecular weight is 457 g/mol. The van der Waals surface area contributed by atoms with Crippen molar-refractivity contribution in [1.82, 2.24) is 20.6 Å². The molecule has 1 saturated carbocycles. The molecule has 2 aliphatic rings. The lowest BCUT2D eigenvalue weighted by Gasteiger charge is -2.21. The van der Waals surface area contributed by atoms with Crippen molar-refractivity contribution in [1.29, 1.82) is 0 Å². The number of pyridine rings is 1. The number of aryl methyl sites for hydroxylation is 1. The summed E-state index contributed by atoms with van der Waals surface area (Å²) in [5.74, 6) is 1.09. The van der Waals surface area contributed by atoms with Crippen molar-refractivity contribution in [2.45, 2.75) is 31.7 Å². The van der Waals surface area contributed by atoms with Gasteiger partial charge in [0.2, 0.25) is 5.89 Å². The predicted molar refractivity (Wildman–Crippen MR) is 131 cm³/mol. The maximum atomic E-state index is 13.2. The molecule has 7 nitrogen and oxygen atoms in total. The minimum atomic E-state index is -0.434. The van der Waals surface area contributed by atoms with E-state index in [0.717, 1.165) is 40.4 Å². The fourth-order valence-corrected chi connectivity index (χ4v) is 4.09. The number of hydrogen-bond acceptors (Lipinski definition) is 6. The molecular weight excluding hydrogens is 428 g/mol. The number of rotatable bonds is 5. The zero-order valence-electron chi connectivity index (χ0n) is 19.4. The van der Waals surface area contributed by atoms with E-state index in [4.69, 9.17) is 9.15 Å². The molecule has 3 heterocycles. The Kier molecular flexibility index (Phi) is 6.02. The lowest BCUT2D eigenvalue weighted by Crippen LogP contribution is -2.35. The van der Waals surface area contributed by atoms with E-state index in [2.05, 4.69) is 26.7 Å². The Balaban J connectivity index is 0.000000547. The standard InChI is InChI=1S/C24H21N3O3.C3H7N/c1-15-5-6-17(29-2)14-19(15)22(28)27-24(7-8-24)20-12-16(23-26-10-11-30-23)13-21-18(20)4-3-9-25-21;1-2-4-3-1/h3-6,9-14H,7-8H2,1-2H3,(H,27,28);4H,1-3H2. The van der Waals surface area contributed by atoms with Crippen LogP contribution >= 0.6 is 0 Å². The molecule has 1 aliphatic carbocycles. The molecule has 2 aromatic heterocycles. The van der Waals surface area contributed by atoms with E-state index in [9.17, 15) is 4.79 Å². The van der Waals surface area contributed by atoms with Crippen LogP contribution in [0.2, 0.25) is 0 Å². The number of nitrogens with zero attached hydrogens (tertiary/aromatic N) is 2. The minimum Gasteiger partial charge on any atom is -0.497 e. The number of carbonyl (C=O) groups is 1. The number of ether oxygens (including phenoxy) is 1. The molecule has 174 valence electrons. The highest BCUT2D eigenvalue weighted by atomic mass is 16.5. The molecule has 0 radical (unpaired) electrons. The number of fused-ring (bicyclic) bond motifs is 1. The van der Waals surface area contributed by atoms with Crippen molar-refractivity contribution in [3.63, 3.8) is 0 Å². The average Bonchev–Trinajstić information content (AvgIpc) is 3.37. The highest BCUT2D eigenvalue weighted by Crippen LogP contribution is 2.49. The van der Waals surface area contributed by atoms with Gasteiger partial charge >= 0.3 is 0 Å². The maximum absolute atomic E-state index is 13.2. The zero-order valence-corrected chi connectivity index (χ0v) is 19.4. The number of oxazole rings is 1. The molecule has 0 atom stereocenters. The molecular formula is C27H28N4O3. The summed E-state index contributed by atoms with van der Waals surface area (Å²) in [6, 6.07) is 13.5. The molecule has 0 unspecified atom stereocenters. The number of carbonyl (C=O) groups excluding carboxylic acids is 1. The highest BCUT2D eigenvalue weighted by Gasteiger charge is 2.47. The SMILES string of the molecule is C1CNC1.COc1ccc(C)c(C(=O)NC2(c3cc(-c4ncco4)cc4ncccc34)CC2)c1. The van der Waals surface area contributed by atoms with Crippen molar-refractivity contribution in [3.05, 3.63) is 77.8 Å². The number of amides is 1. The van der Waals surface area contributed by atoms with E-state index in [0.29, 0.717) is 17.2 Å². The third kappa shape index (κ3) is 4.39. The van der Waals surface area contributed by atoms with Gasteiger partial charge in [0.15, 0.2) is 0 Å². The van der Waals surface area contributed by atoms with E-state index >= 15 is 0 Å². The maximum Gasteiger partial charge on any atom is 0.252 e. The van der Waals surface area contributed by atoms with Crippen LogP contribution in [0.4, 0.5) is 0 Å². The van der Waals surface area contributed by atoms with E-state index in [1.807, 2.05) is 37.3 Å². The van der Waals surface area contributed by atoms with Gasteiger partial charge in [0.05, 0.1) is 24.4 Å². The molecule has 34 heavy (non-hydrogen) atoms. The van der Waals surface area contributed by atoms with Gasteiger partial charge in [-0.3, -0.25) is 9.78 Å². The minimum absolute atomic E-state index is 0.109. The summed E-state index contributed by atoms with van der Waals surface area (Å²) in [7, 11) is 1.60. The fraction of sp³-hybridized carbons (Fsp3) is 0.296. The molecule has 0 spiro atoms. The lowest BCUT2D eigenvalue weighted by atomic mass is 9.95. The summed E-state index contributed by atoms with van der Waals surface area (Å²) >= 11 is 0. The Morgan fingerprint density at radius 2 is 1.91 bits per heavy atom. The number of methoxy groups -OCH3 is 1. The monoisotopic (exact) mass is 456 g/mol. The van der Waals surface area contributed by atoms with E-state index in [1.54, 1.807) is 31.8 Å². The molecule has 1 saturated heterocycles. The third-order valence-corrected chi connectivity index (χ3v) is 6.41. The number of hydrogen-bond donors (Lipinski definition) is 2. The Hall–Kier alpha value is -3.71. The van der Waals surface area contributed by atoms with Gasteiger partial charge in [0.1, 0.15) is 12.0 Å². The first-order valence-corrected chi connectivity index (χ1v) is 11.6. The Morgan fingerprint density at radius 1 is 1.12 bits per heavy atom.